The summed E-state index contributed by atoms with van der Waals surface area (Å²) >= 11 is 0. The van der Waals surface area contributed by atoms with Gasteiger partial charge in [0.15, 0.2) is 5.82 Å². The van der Waals surface area contributed by atoms with Crippen molar-refractivity contribution in [1.82, 2.24) is 20.8 Å². The van der Waals surface area contributed by atoms with E-state index in [0.717, 1.165) is 6.21 Å². The van der Waals surface area contributed by atoms with Crippen LogP contribution in [0.4, 0.5) is 15.0 Å². The molecule has 4 aliphatic rings. The monoisotopic (exact) mass is 406 g/mol. The molecule has 156 valence electrons. The predicted octanol–water partition coefficient (Wildman–Crippen LogP) is 1.30. The highest BCUT2D eigenvalue weighted by Crippen LogP contribution is 2.62. The first kappa shape index (κ1) is 19.4. The number of allylic oxidation sites excluding steroid dienone is 1. The minimum atomic E-state index is -1.08. The van der Waals surface area contributed by atoms with Gasteiger partial charge < -0.3 is 30.8 Å². The number of carbonyl (C=O) groups excluding carboxylic acids is 2. The molecule has 0 aromatic carbocycles. The third kappa shape index (κ3) is 3.82. The van der Waals surface area contributed by atoms with Gasteiger partial charge in [0.1, 0.15) is 23.6 Å². The van der Waals surface area contributed by atoms with Gasteiger partial charge in [-0.05, 0) is 6.08 Å². The summed E-state index contributed by atoms with van der Waals surface area (Å²) in [6, 6.07) is 1.64. The molecule has 3 saturated carbocycles. The van der Waals surface area contributed by atoms with Gasteiger partial charge in [-0.25, -0.2) is 9.18 Å². The number of nitrogens with zero attached hydrogens (tertiary/aromatic N) is 1. The molecule has 0 radical (unpaired) electrons. The zero-order valence-electron chi connectivity index (χ0n) is 15.9. The molecular weight excluding hydrogens is 383 g/mol. The van der Waals surface area contributed by atoms with Crippen molar-refractivity contribution in [3.05, 3.63) is 23.5 Å². The van der Waals surface area contributed by atoms with E-state index in [-0.39, 0.29) is 18.4 Å². The number of carbonyl (C=O) groups is 2. The fourth-order valence-corrected chi connectivity index (χ4v) is 4.20. The van der Waals surface area contributed by atoms with Crippen LogP contribution < -0.4 is 16.0 Å². The van der Waals surface area contributed by atoms with Crippen LogP contribution in [0.2, 0.25) is 0 Å². The molecule has 1 aromatic rings. The summed E-state index contributed by atoms with van der Waals surface area (Å²) in [7, 11) is 1.58. The Bertz CT molecular complexity index is 849. The first-order chi connectivity index (χ1) is 13.8. The average molecular weight is 406 g/mol. The van der Waals surface area contributed by atoms with E-state index in [1.54, 1.807) is 13.1 Å². The maximum absolute atomic E-state index is 13.5. The summed E-state index contributed by atoms with van der Waals surface area (Å²) in [6.45, 7) is 0.241. The number of alkyl carbamates (subject to hydrolysis) is 1. The number of aromatic amines is 1. The van der Waals surface area contributed by atoms with Crippen LogP contribution in [0.25, 0.3) is 0 Å². The molecule has 2 heterocycles. The zero-order valence-corrected chi connectivity index (χ0v) is 15.9. The summed E-state index contributed by atoms with van der Waals surface area (Å²) < 4.78 is 24.6. The maximum atomic E-state index is 13.5. The second-order valence-corrected chi connectivity index (χ2v) is 7.83. The van der Waals surface area contributed by atoms with Gasteiger partial charge in [0.05, 0.1) is 17.8 Å². The summed E-state index contributed by atoms with van der Waals surface area (Å²) in [6.07, 6.45) is 2.57. The van der Waals surface area contributed by atoms with Gasteiger partial charge in [-0.2, -0.15) is 5.10 Å². The van der Waals surface area contributed by atoms with Crippen LogP contribution in [0.1, 0.15) is 37.5 Å². The third-order valence-electron chi connectivity index (χ3n) is 5.52. The molecule has 5 N–H and O–H groups in total. The Morgan fingerprint density at radius 2 is 2.21 bits per heavy atom. The number of nitrogens with one attached hydrogen (secondary N) is 5. The van der Waals surface area contributed by atoms with E-state index in [4.69, 9.17) is 14.9 Å². The minimum absolute atomic E-state index is 0.225. The highest BCUT2D eigenvalue weighted by molar-refractivity contribution is 6.04. The maximum Gasteiger partial charge on any atom is 0.407 e. The number of rotatable bonds is 7. The van der Waals surface area contributed by atoms with Gasteiger partial charge in [0.25, 0.3) is 5.91 Å². The number of hydrogen-bond donors (Lipinski definition) is 5. The molecule has 1 aromatic heterocycles. The molecule has 1 saturated heterocycles. The average Bonchev–Trinajstić information content (AvgIpc) is 3.26. The van der Waals surface area contributed by atoms with E-state index in [1.165, 1.54) is 6.08 Å². The molecule has 2 atom stereocenters. The van der Waals surface area contributed by atoms with Crippen LogP contribution in [0.5, 0.6) is 0 Å². The van der Waals surface area contributed by atoms with Crippen LogP contribution in [0.3, 0.4) is 0 Å². The van der Waals surface area contributed by atoms with Crippen molar-refractivity contribution in [2.45, 2.75) is 49.1 Å². The molecule has 10 nitrogen and oxygen atoms in total. The molecule has 1 aliphatic heterocycles. The van der Waals surface area contributed by atoms with E-state index in [1.807, 2.05) is 0 Å². The lowest BCUT2D eigenvalue weighted by Gasteiger charge is -2.65. The number of alkyl halides is 1. The van der Waals surface area contributed by atoms with Crippen LogP contribution in [-0.2, 0) is 14.3 Å². The lowest BCUT2D eigenvalue weighted by atomic mass is 9.47. The number of anilines is 1. The van der Waals surface area contributed by atoms with Crippen molar-refractivity contribution in [1.29, 1.82) is 5.41 Å². The van der Waals surface area contributed by atoms with E-state index in [2.05, 4.69) is 26.1 Å². The van der Waals surface area contributed by atoms with Gasteiger partial charge >= 0.3 is 6.09 Å². The van der Waals surface area contributed by atoms with E-state index < -0.39 is 29.3 Å². The van der Waals surface area contributed by atoms with Crippen LogP contribution in [0, 0.1) is 5.41 Å². The van der Waals surface area contributed by atoms with Crippen molar-refractivity contribution in [3.8, 4) is 0 Å². The van der Waals surface area contributed by atoms with Gasteiger partial charge in [0.2, 0.25) is 0 Å². The van der Waals surface area contributed by atoms with Gasteiger partial charge in [-0.1, -0.05) is 0 Å². The Hall–Kier alpha value is -2.95. The molecular formula is C18H23FN6O4. The van der Waals surface area contributed by atoms with Crippen LogP contribution in [-0.4, -0.2) is 59.4 Å². The van der Waals surface area contributed by atoms with E-state index in [0.29, 0.717) is 37.2 Å². The molecule has 5 rings (SSSR count). The number of H-pyrrole nitrogens is 1. The van der Waals surface area contributed by atoms with Crippen molar-refractivity contribution in [2.24, 2.45) is 0 Å². The summed E-state index contributed by atoms with van der Waals surface area (Å²) in [4.78, 5) is 24.1. The highest BCUT2D eigenvalue weighted by atomic mass is 19.1. The zero-order chi connectivity index (χ0) is 20.6. The molecule has 3 aliphatic carbocycles. The number of ether oxygens (including phenoxy) is 2. The lowest BCUT2D eigenvalue weighted by molar-refractivity contribution is -0.165. The molecule has 0 unspecified atom stereocenters. The lowest BCUT2D eigenvalue weighted by Crippen LogP contribution is -2.76. The Kier molecular flexibility index (Phi) is 4.77. The highest BCUT2D eigenvalue weighted by Gasteiger charge is 2.70. The smallest absolute Gasteiger partial charge is 0.407 e. The molecule has 2 amide bonds. The summed E-state index contributed by atoms with van der Waals surface area (Å²) in [5.41, 5.74) is -0.623. The molecule has 2 bridgehead atoms. The second kappa shape index (κ2) is 7.14. The largest absolute Gasteiger partial charge is 0.444 e. The Morgan fingerprint density at radius 3 is 2.86 bits per heavy atom. The Morgan fingerprint density at radius 1 is 1.45 bits per heavy atom. The number of halogens is 1. The summed E-state index contributed by atoms with van der Waals surface area (Å²) in [5.74, 6) is -0.117. The SMILES string of the molecule is CN/C(=C\C=N)C(=O)Nc1cc([C@H]2C[C@@H](OC(=O)NC34CC(F)(C3)C4)CO2)[nH]n1. The summed E-state index contributed by atoms with van der Waals surface area (Å²) in [5, 5.41) is 22.0. The first-order valence-electron chi connectivity index (χ1n) is 9.38. The van der Waals surface area contributed by atoms with Crippen LogP contribution in [0.15, 0.2) is 17.8 Å². The molecule has 29 heavy (non-hydrogen) atoms. The minimum Gasteiger partial charge on any atom is -0.444 e. The first-order valence-corrected chi connectivity index (χ1v) is 9.38. The van der Waals surface area contributed by atoms with Crippen molar-refractivity contribution in [2.75, 3.05) is 19.0 Å². The van der Waals surface area contributed by atoms with Crippen molar-refractivity contribution < 1.29 is 23.5 Å². The number of amides is 2. The second-order valence-electron chi connectivity index (χ2n) is 7.83. The standard InChI is InChI=1S/C18H23FN6O4/c1-21-11(2-3-20)15(26)22-14-5-12(24-25-14)13-4-10(6-28-13)29-16(27)23-18-7-17(19,8-18)9-18/h2-3,5,10,13,20-21H,4,6-9H2,1H3,(H,23,27)(H2,22,24,25,26)/b11-2-,20-3?/t10-,13-,17?,18?/m1/s1. The van der Waals surface area contributed by atoms with Gasteiger partial charge in [-0.3, -0.25) is 9.89 Å². The van der Waals surface area contributed by atoms with E-state index >= 15 is 0 Å². The van der Waals surface area contributed by atoms with E-state index in [9.17, 15) is 14.0 Å². The quantitative estimate of drug-likeness (QED) is 0.341. The predicted molar refractivity (Wildman–Crippen MR) is 100 cm³/mol. The van der Waals surface area contributed by atoms with Crippen molar-refractivity contribution in [3.63, 3.8) is 0 Å². The molecule has 0 spiro atoms. The van der Waals surface area contributed by atoms with Crippen LogP contribution >= 0.6 is 0 Å². The fourth-order valence-electron chi connectivity index (χ4n) is 4.20. The number of aromatic nitrogens is 2. The van der Waals surface area contributed by atoms with Gasteiger partial charge in [0, 0.05) is 45.0 Å². The topological polar surface area (TPSA) is 141 Å². The van der Waals surface area contributed by atoms with Crippen molar-refractivity contribution >= 4 is 24.0 Å². The molecule has 4 fully saturated rings. The van der Waals surface area contributed by atoms with Gasteiger partial charge in [-0.15, -0.1) is 0 Å². The Balaban J connectivity index is 1.26. The third-order valence-corrected chi connectivity index (χ3v) is 5.52. The normalized spacial score (nSPS) is 32.6. The molecule has 11 heteroatoms. The number of hydrogen-bond acceptors (Lipinski definition) is 7. The number of likely N-dealkylation sites (N-methyl/N-ethyl adjacent to an activating group) is 1. The Labute approximate surface area is 166 Å². The fraction of sp³-hybridized carbons (Fsp3) is 0.556.